The van der Waals surface area contributed by atoms with Crippen LogP contribution in [0.1, 0.15) is 29.1 Å². The van der Waals surface area contributed by atoms with E-state index in [0.717, 1.165) is 35.0 Å². The lowest BCUT2D eigenvalue weighted by Gasteiger charge is -2.16. The summed E-state index contributed by atoms with van der Waals surface area (Å²) in [5, 5.41) is 6.25. The van der Waals surface area contributed by atoms with Crippen molar-refractivity contribution in [3.8, 4) is 5.75 Å². The monoisotopic (exact) mass is 455 g/mol. The Morgan fingerprint density at radius 1 is 1.23 bits per heavy atom. The average Bonchev–Trinajstić information content (AvgIpc) is 3.36. The summed E-state index contributed by atoms with van der Waals surface area (Å²) >= 11 is 7.33. The first-order valence-electron chi connectivity index (χ1n) is 10.0. The maximum Gasteiger partial charge on any atom is 0.230 e. The van der Waals surface area contributed by atoms with E-state index >= 15 is 0 Å². The number of hydrogen-bond donors (Lipinski definition) is 1. The fourth-order valence-electron chi connectivity index (χ4n) is 3.38. The quantitative estimate of drug-likeness (QED) is 0.535. The lowest BCUT2D eigenvalue weighted by molar-refractivity contribution is -0.128. The van der Waals surface area contributed by atoms with E-state index in [-0.39, 0.29) is 18.2 Å². The Morgan fingerprint density at radius 2 is 2.06 bits per heavy atom. The molecule has 0 atom stereocenters. The highest BCUT2D eigenvalue weighted by molar-refractivity contribution is 7.09. The zero-order chi connectivity index (χ0) is 21.6. The number of carbonyl (C=O) groups is 2. The molecule has 0 aliphatic carbocycles. The number of anilines is 1. The summed E-state index contributed by atoms with van der Waals surface area (Å²) in [5.74, 6) is 0.771. The summed E-state index contributed by atoms with van der Waals surface area (Å²) in [4.78, 5) is 30.6. The van der Waals surface area contributed by atoms with Gasteiger partial charge in [-0.15, -0.1) is 11.3 Å². The molecule has 0 unspecified atom stereocenters. The van der Waals surface area contributed by atoms with Gasteiger partial charge in [0.05, 0.1) is 12.1 Å². The number of rotatable bonds is 8. The first kappa shape index (κ1) is 21.3. The van der Waals surface area contributed by atoms with Crippen molar-refractivity contribution in [1.29, 1.82) is 0 Å². The minimum atomic E-state index is -0.134. The van der Waals surface area contributed by atoms with Crippen LogP contribution in [0.4, 0.5) is 5.69 Å². The second kappa shape index (κ2) is 9.94. The first-order valence-corrected chi connectivity index (χ1v) is 11.3. The van der Waals surface area contributed by atoms with Gasteiger partial charge in [0.2, 0.25) is 11.8 Å². The fraction of sp³-hybridized carbons (Fsp3) is 0.261. The molecule has 0 bridgehead atoms. The molecule has 1 fully saturated rings. The van der Waals surface area contributed by atoms with Gasteiger partial charge >= 0.3 is 0 Å². The van der Waals surface area contributed by atoms with Gasteiger partial charge in [0.25, 0.3) is 0 Å². The van der Waals surface area contributed by atoms with Crippen LogP contribution < -0.4 is 10.1 Å². The predicted molar refractivity (Wildman–Crippen MR) is 121 cm³/mol. The van der Waals surface area contributed by atoms with Crippen molar-refractivity contribution in [3.05, 3.63) is 75.2 Å². The molecule has 1 N–H and O–H groups in total. The third kappa shape index (κ3) is 6.06. The number of thiazole rings is 1. The number of amides is 2. The van der Waals surface area contributed by atoms with Gasteiger partial charge in [-0.2, -0.15) is 0 Å². The first-order chi connectivity index (χ1) is 15.0. The smallest absolute Gasteiger partial charge is 0.230 e. The Morgan fingerprint density at radius 3 is 2.84 bits per heavy atom. The number of nitrogens with one attached hydrogen (secondary N) is 1. The molecule has 2 heterocycles. The molecule has 2 amide bonds. The van der Waals surface area contributed by atoms with Crippen LogP contribution in [0.5, 0.6) is 5.75 Å². The summed E-state index contributed by atoms with van der Waals surface area (Å²) in [7, 11) is 0. The van der Waals surface area contributed by atoms with Gasteiger partial charge in [-0.25, -0.2) is 4.98 Å². The highest BCUT2D eigenvalue weighted by atomic mass is 35.5. The standard InChI is InChI=1S/C23H22ClN3O3S/c24-17-6-8-20(9-7-17)30-14-22-26-19(15-31-22)12-21(28)25-18-4-1-3-16(11-18)13-27-10-2-5-23(27)29/h1,3-4,6-9,11,15H,2,5,10,12-14H2,(H,25,28). The molecule has 1 aliphatic heterocycles. The van der Waals surface area contributed by atoms with Gasteiger partial charge in [-0.3, -0.25) is 9.59 Å². The highest BCUT2D eigenvalue weighted by Crippen LogP contribution is 2.20. The largest absolute Gasteiger partial charge is 0.486 e. The maximum atomic E-state index is 12.5. The van der Waals surface area contributed by atoms with Crippen LogP contribution in [-0.2, 0) is 29.2 Å². The Balaban J connectivity index is 1.28. The number of benzene rings is 2. The fourth-order valence-corrected chi connectivity index (χ4v) is 4.21. The van der Waals surface area contributed by atoms with E-state index in [1.165, 1.54) is 11.3 Å². The SMILES string of the molecule is O=C(Cc1csc(COc2ccc(Cl)cc2)n1)Nc1cccc(CN2CCCC2=O)c1. The molecule has 1 aliphatic rings. The summed E-state index contributed by atoms with van der Waals surface area (Å²) in [6, 6.07) is 14.8. The van der Waals surface area contributed by atoms with Gasteiger partial charge in [0.15, 0.2) is 0 Å². The number of carbonyl (C=O) groups excluding carboxylic acids is 2. The Labute approximate surface area is 189 Å². The molecule has 6 nitrogen and oxygen atoms in total. The molecule has 1 saturated heterocycles. The molecular weight excluding hydrogens is 434 g/mol. The summed E-state index contributed by atoms with van der Waals surface area (Å²) < 4.78 is 5.70. The molecule has 4 rings (SSSR count). The molecule has 0 saturated carbocycles. The van der Waals surface area contributed by atoms with Crippen LogP contribution in [0.25, 0.3) is 0 Å². The molecule has 0 spiro atoms. The zero-order valence-electron chi connectivity index (χ0n) is 16.8. The second-order valence-corrected chi connectivity index (χ2v) is 8.70. The van der Waals surface area contributed by atoms with Gasteiger partial charge in [0, 0.05) is 35.6 Å². The minimum absolute atomic E-state index is 0.134. The second-order valence-electron chi connectivity index (χ2n) is 7.32. The van der Waals surface area contributed by atoms with Crippen LogP contribution >= 0.6 is 22.9 Å². The zero-order valence-corrected chi connectivity index (χ0v) is 18.4. The Bertz CT molecular complexity index is 1070. The average molecular weight is 456 g/mol. The number of ether oxygens (including phenoxy) is 1. The lowest BCUT2D eigenvalue weighted by Crippen LogP contribution is -2.23. The highest BCUT2D eigenvalue weighted by Gasteiger charge is 2.20. The van der Waals surface area contributed by atoms with E-state index in [0.29, 0.717) is 30.3 Å². The van der Waals surface area contributed by atoms with E-state index in [1.807, 2.05) is 34.5 Å². The number of nitrogens with zero attached hydrogens (tertiary/aromatic N) is 2. The van der Waals surface area contributed by atoms with E-state index < -0.39 is 0 Å². The van der Waals surface area contributed by atoms with Gasteiger partial charge < -0.3 is 15.0 Å². The van der Waals surface area contributed by atoms with Crippen LogP contribution in [0.2, 0.25) is 5.02 Å². The molecule has 8 heteroatoms. The van der Waals surface area contributed by atoms with Crippen LogP contribution in [-0.4, -0.2) is 28.2 Å². The predicted octanol–water partition coefficient (Wildman–Crippen LogP) is 4.68. The molecule has 160 valence electrons. The van der Waals surface area contributed by atoms with Crippen molar-refractivity contribution in [2.45, 2.75) is 32.4 Å². The van der Waals surface area contributed by atoms with Crippen molar-refractivity contribution >= 4 is 40.4 Å². The van der Waals surface area contributed by atoms with Crippen molar-refractivity contribution in [1.82, 2.24) is 9.88 Å². The summed E-state index contributed by atoms with van der Waals surface area (Å²) in [5.41, 5.74) is 2.43. The molecule has 1 aromatic heterocycles. The number of aromatic nitrogens is 1. The van der Waals surface area contributed by atoms with Crippen LogP contribution in [0, 0.1) is 0 Å². The Kier molecular flexibility index (Phi) is 6.84. The molecular formula is C23H22ClN3O3S. The topological polar surface area (TPSA) is 71.5 Å². The number of likely N-dealkylation sites (tertiary alicyclic amines) is 1. The van der Waals surface area contributed by atoms with Gasteiger partial charge in [-0.05, 0) is 48.4 Å². The van der Waals surface area contributed by atoms with E-state index in [4.69, 9.17) is 16.3 Å². The molecule has 31 heavy (non-hydrogen) atoms. The Hall–Kier alpha value is -2.90. The van der Waals surface area contributed by atoms with Crippen molar-refractivity contribution in [2.24, 2.45) is 0 Å². The molecule has 2 aromatic carbocycles. The third-order valence-corrected chi connectivity index (χ3v) is 6.00. The van der Waals surface area contributed by atoms with E-state index in [2.05, 4.69) is 10.3 Å². The third-order valence-electron chi connectivity index (χ3n) is 4.87. The normalized spacial score (nSPS) is 13.5. The van der Waals surface area contributed by atoms with Gasteiger partial charge in [-0.1, -0.05) is 23.7 Å². The van der Waals surface area contributed by atoms with E-state index in [1.54, 1.807) is 24.3 Å². The lowest BCUT2D eigenvalue weighted by atomic mass is 10.2. The van der Waals surface area contributed by atoms with Crippen LogP contribution in [0.3, 0.4) is 0 Å². The number of halogens is 1. The molecule has 3 aromatic rings. The van der Waals surface area contributed by atoms with Crippen molar-refractivity contribution in [2.75, 3.05) is 11.9 Å². The summed E-state index contributed by atoms with van der Waals surface area (Å²) in [6.45, 7) is 1.71. The number of hydrogen-bond acceptors (Lipinski definition) is 5. The summed E-state index contributed by atoms with van der Waals surface area (Å²) in [6.07, 6.45) is 1.72. The van der Waals surface area contributed by atoms with Crippen LogP contribution in [0.15, 0.2) is 53.9 Å². The van der Waals surface area contributed by atoms with E-state index in [9.17, 15) is 9.59 Å². The van der Waals surface area contributed by atoms with Crippen molar-refractivity contribution in [3.63, 3.8) is 0 Å². The maximum absolute atomic E-state index is 12.5. The minimum Gasteiger partial charge on any atom is -0.486 e. The molecule has 0 radical (unpaired) electrons. The van der Waals surface area contributed by atoms with Crippen molar-refractivity contribution < 1.29 is 14.3 Å². The van der Waals surface area contributed by atoms with Gasteiger partial charge in [0.1, 0.15) is 17.4 Å².